The molecule has 0 bridgehead atoms. The van der Waals surface area contributed by atoms with E-state index >= 15 is 0 Å². The van der Waals surface area contributed by atoms with Crippen molar-refractivity contribution >= 4 is 18.1 Å². The van der Waals surface area contributed by atoms with E-state index in [1.165, 1.54) is 0 Å². The minimum atomic E-state index is -0.599. The van der Waals surface area contributed by atoms with Crippen LogP contribution < -0.4 is 5.32 Å². The summed E-state index contributed by atoms with van der Waals surface area (Å²) in [5, 5.41) is 6.77. The second-order valence-corrected chi connectivity index (χ2v) is 5.47. The Morgan fingerprint density at radius 2 is 2.14 bits per heavy atom. The van der Waals surface area contributed by atoms with E-state index in [0.29, 0.717) is 23.2 Å². The van der Waals surface area contributed by atoms with Crippen molar-refractivity contribution in [3.8, 4) is 5.69 Å². The highest BCUT2D eigenvalue weighted by atomic mass is 16.6. The van der Waals surface area contributed by atoms with Gasteiger partial charge in [0.25, 0.3) is 0 Å². The molecular weight excluding hydrogens is 270 g/mol. The summed E-state index contributed by atoms with van der Waals surface area (Å²) in [6, 6.07) is 6.71. The highest BCUT2D eigenvalue weighted by molar-refractivity contribution is 5.90. The summed E-state index contributed by atoms with van der Waals surface area (Å²) in [4.78, 5) is 22.8. The zero-order chi connectivity index (χ0) is 15.5. The maximum Gasteiger partial charge on any atom is 0.412 e. The Bertz CT molecular complexity index is 643. The van der Waals surface area contributed by atoms with Crippen molar-refractivity contribution < 1.29 is 14.3 Å². The van der Waals surface area contributed by atoms with Gasteiger partial charge in [-0.15, -0.1) is 0 Å². The number of rotatable bonds is 3. The Kier molecular flexibility index (Phi) is 4.07. The summed E-state index contributed by atoms with van der Waals surface area (Å²) in [5.74, 6) is 0. The maximum atomic E-state index is 11.9. The molecule has 0 atom stereocenters. The topological polar surface area (TPSA) is 73.2 Å². The van der Waals surface area contributed by atoms with Gasteiger partial charge in [-0.2, -0.15) is 5.10 Å². The van der Waals surface area contributed by atoms with E-state index in [4.69, 9.17) is 4.74 Å². The number of aromatic nitrogens is 2. The molecular formula is C15H17N3O3. The Hall–Kier alpha value is -2.63. The summed E-state index contributed by atoms with van der Waals surface area (Å²) in [6.45, 7) is 5.34. The lowest BCUT2D eigenvalue weighted by Crippen LogP contribution is -2.27. The molecule has 0 saturated carbocycles. The minimum absolute atomic E-state index is 0.456. The first-order valence-electron chi connectivity index (χ1n) is 6.48. The van der Waals surface area contributed by atoms with Crippen molar-refractivity contribution in [1.29, 1.82) is 0 Å². The van der Waals surface area contributed by atoms with Gasteiger partial charge in [0.05, 0.1) is 11.4 Å². The highest BCUT2D eigenvalue weighted by Gasteiger charge is 2.18. The van der Waals surface area contributed by atoms with Crippen molar-refractivity contribution in [1.82, 2.24) is 9.78 Å². The largest absolute Gasteiger partial charge is 0.444 e. The van der Waals surface area contributed by atoms with Crippen LogP contribution in [0.5, 0.6) is 0 Å². The number of amides is 1. The summed E-state index contributed by atoms with van der Waals surface area (Å²) >= 11 is 0. The lowest BCUT2D eigenvalue weighted by molar-refractivity contribution is 0.0635. The summed E-state index contributed by atoms with van der Waals surface area (Å²) in [7, 11) is 0. The summed E-state index contributed by atoms with van der Waals surface area (Å²) in [5.41, 5.74) is 0.962. The Morgan fingerprint density at radius 1 is 1.38 bits per heavy atom. The van der Waals surface area contributed by atoms with E-state index in [1.54, 1.807) is 62.1 Å². The van der Waals surface area contributed by atoms with Gasteiger partial charge in [-0.1, -0.05) is 0 Å². The van der Waals surface area contributed by atoms with Gasteiger partial charge in [0.1, 0.15) is 11.9 Å². The molecule has 0 radical (unpaired) electrons. The van der Waals surface area contributed by atoms with Gasteiger partial charge in [0, 0.05) is 18.0 Å². The van der Waals surface area contributed by atoms with Gasteiger partial charge < -0.3 is 4.74 Å². The van der Waals surface area contributed by atoms with Crippen molar-refractivity contribution in [2.75, 3.05) is 5.32 Å². The third-order valence-corrected chi connectivity index (χ3v) is 2.54. The van der Waals surface area contributed by atoms with Gasteiger partial charge >= 0.3 is 6.09 Å². The van der Waals surface area contributed by atoms with E-state index in [-0.39, 0.29) is 0 Å². The van der Waals surface area contributed by atoms with Gasteiger partial charge in [0.15, 0.2) is 0 Å². The number of anilines is 1. The fraction of sp³-hybridized carbons (Fsp3) is 0.267. The number of aldehydes is 1. The molecule has 0 aliphatic heterocycles. The number of hydrogen-bond donors (Lipinski definition) is 1. The first-order chi connectivity index (χ1) is 9.89. The van der Waals surface area contributed by atoms with Crippen molar-refractivity contribution in [2.45, 2.75) is 26.4 Å². The standard InChI is InChI=1S/C15H17N3O3/c1-15(2,3)21-14(20)17-12-9-11(10-19)5-6-13(12)18-8-4-7-16-18/h4-10H,1-3H3,(H,17,20). The maximum absolute atomic E-state index is 11.9. The average molecular weight is 287 g/mol. The molecule has 1 aromatic heterocycles. The van der Waals surface area contributed by atoms with Gasteiger partial charge in [0.2, 0.25) is 0 Å². The lowest BCUT2D eigenvalue weighted by Gasteiger charge is -2.20. The van der Waals surface area contributed by atoms with Crippen LogP contribution in [0.25, 0.3) is 5.69 Å². The molecule has 0 unspecified atom stereocenters. The second kappa shape index (κ2) is 5.78. The number of nitrogens with zero attached hydrogens (tertiary/aromatic N) is 2. The van der Waals surface area contributed by atoms with Crippen LogP contribution >= 0.6 is 0 Å². The number of ether oxygens (including phenoxy) is 1. The number of carbonyl (C=O) groups excluding carboxylic acids is 2. The first kappa shape index (κ1) is 14.8. The molecule has 6 nitrogen and oxygen atoms in total. The first-order valence-corrected chi connectivity index (χ1v) is 6.48. The molecule has 21 heavy (non-hydrogen) atoms. The van der Waals surface area contributed by atoms with E-state index in [9.17, 15) is 9.59 Å². The van der Waals surface area contributed by atoms with Gasteiger partial charge in [-0.05, 0) is 45.0 Å². The fourth-order valence-electron chi connectivity index (χ4n) is 1.75. The molecule has 1 amide bonds. The van der Waals surface area contributed by atoms with Crippen molar-refractivity contribution in [3.05, 3.63) is 42.2 Å². The van der Waals surface area contributed by atoms with Crippen LogP contribution in [0.2, 0.25) is 0 Å². The highest BCUT2D eigenvalue weighted by Crippen LogP contribution is 2.22. The van der Waals surface area contributed by atoms with Crippen LogP contribution in [-0.2, 0) is 4.74 Å². The van der Waals surface area contributed by atoms with E-state index < -0.39 is 11.7 Å². The van der Waals surface area contributed by atoms with E-state index in [2.05, 4.69) is 10.4 Å². The van der Waals surface area contributed by atoms with Crippen LogP contribution in [0.3, 0.4) is 0 Å². The molecule has 1 aromatic carbocycles. The average Bonchev–Trinajstić information content (AvgIpc) is 2.90. The van der Waals surface area contributed by atoms with Crippen molar-refractivity contribution in [2.24, 2.45) is 0 Å². The molecule has 6 heteroatoms. The van der Waals surface area contributed by atoms with E-state index in [1.807, 2.05) is 0 Å². The Labute approximate surface area is 122 Å². The van der Waals surface area contributed by atoms with E-state index in [0.717, 1.165) is 0 Å². The van der Waals surface area contributed by atoms with Gasteiger partial charge in [-0.25, -0.2) is 9.48 Å². The fourth-order valence-corrected chi connectivity index (χ4v) is 1.75. The minimum Gasteiger partial charge on any atom is -0.444 e. The molecule has 0 fully saturated rings. The molecule has 2 aromatic rings. The number of nitrogens with one attached hydrogen (secondary N) is 1. The smallest absolute Gasteiger partial charge is 0.412 e. The molecule has 0 spiro atoms. The molecule has 1 heterocycles. The Balaban J connectivity index is 2.32. The molecule has 1 N–H and O–H groups in total. The summed E-state index contributed by atoms with van der Waals surface area (Å²) < 4.78 is 6.82. The predicted octanol–water partition coefficient (Wildman–Crippen LogP) is 3.03. The normalized spacial score (nSPS) is 11.0. The zero-order valence-corrected chi connectivity index (χ0v) is 12.2. The lowest BCUT2D eigenvalue weighted by atomic mass is 10.2. The zero-order valence-electron chi connectivity index (χ0n) is 12.2. The molecule has 0 aliphatic rings. The molecule has 110 valence electrons. The monoisotopic (exact) mass is 287 g/mol. The third-order valence-electron chi connectivity index (χ3n) is 2.54. The predicted molar refractivity (Wildman–Crippen MR) is 78.8 cm³/mol. The molecule has 2 rings (SSSR count). The van der Waals surface area contributed by atoms with Crippen LogP contribution in [0, 0.1) is 0 Å². The van der Waals surface area contributed by atoms with Crippen LogP contribution in [-0.4, -0.2) is 27.8 Å². The molecule has 0 saturated heterocycles. The Morgan fingerprint density at radius 3 is 2.71 bits per heavy atom. The van der Waals surface area contributed by atoms with Crippen molar-refractivity contribution in [3.63, 3.8) is 0 Å². The number of benzene rings is 1. The second-order valence-electron chi connectivity index (χ2n) is 5.47. The number of carbonyl (C=O) groups is 2. The van der Waals surface area contributed by atoms with Gasteiger partial charge in [-0.3, -0.25) is 10.1 Å². The SMILES string of the molecule is CC(C)(C)OC(=O)Nc1cc(C=O)ccc1-n1cccn1. The quantitative estimate of drug-likeness (QED) is 0.881. The molecule has 0 aliphatic carbocycles. The third kappa shape index (κ3) is 3.92. The number of hydrogen-bond acceptors (Lipinski definition) is 4. The van der Waals surface area contributed by atoms with Crippen LogP contribution in [0.4, 0.5) is 10.5 Å². The summed E-state index contributed by atoms with van der Waals surface area (Å²) in [6.07, 6.45) is 3.51. The van der Waals surface area contributed by atoms with Crippen LogP contribution in [0.15, 0.2) is 36.7 Å². The van der Waals surface area contributed by atoms with Crippen LogP contribution in [0.1, 0.15) is 31.1 Å².